The van der Waals surface area contributed by atoms with Crippen molar-refractivity contribution in [3.8, 4) is 23.1 Å². The lowest BCUT2D eigenvalue weighted by atomic mass is 10.1. The first-order chi connectivity index (χ1) is 11.2. The maximum Gasteiger partial charge on any atom is 0.270 e. The molecular formula is C17H18N4O2. The minimum Gasteiger partial charge on any atom is -0.508 e. The number of aromatic amines is 1. The summed E-state index contributed by atoms with van der Waals surface area (Å²) in [5.41, 5.74) is 0.566. The van der Waals surface area contributed by atoms with E-state index in [4.69, 9.17) is 0 Å². The largest absolute Gasteiger partial charge is 0.508 e. The minimum absolute atomic E-state index is 0.00531. The van der Waals surface area contributed by atoms with Crippen LogP contribution in [0.15, 0.2) is 29.1 Å². The molecule has 2 aromatic rings. The van der Waals surface area contributed by atoms with Crippen LogP contribution in [0, 0.1) is 11.3 Å². The van der Waals surface area contributed by atoms with Gasteiger partial charge in [-0.2, -0.15) is 5.26 Å². The first-order valence-corrected chi connectivity index (χ1v) is 7.78. The number of phenols is 1. The number of hydrogen-bond acceptors (Lipinski definition) is 5. The van der Waals surface area contributed by atoms with Crippen LogP contribution in [-0.4, -0.2) is 28.2 Å². The van der Waals surface area contributed by atoms with E-state index in [1.807, 2.05) is 6.07 Å². The zero-order valence-corrected chi connectivity index (χ0v) is 12.7. The molecule has 23 heavy (non-hydrogen) atoms. The second-order valence-electron chi connectivity index (χ2n) is 5.67. The maximum absolute atomic E-state index is 12.3. The standard InChI is InChI=1S/C17H18N4O2/c18-11-14-15(12-5-7-13(22)8-6-12)19-17(20-16(14)23)21-9-3-1-2-4-10-21/h5-8,22H,1-4,9-10H2,(H,19,20,23). The Morgan fingerprint density at radius 2 is 1.78 bits per heavy atom. The van der Waals surface area contributed by atoms with Gasteiger partial charge in [0, 0.05) is 18.7 Å². The molecule has 0 radical (unpaired) electrons. The minimum atomic E-state index is -0.426. The van der Waals surface area contributed by atoms with Crippen molar-refractivity contribution in [2.24, 2.45) is 0 Å². The quantitative estimate of drug-likeness (QED) is 0.888. The summed E-state index contributed by atoms with van der Waals surface area (Å²) in [6.07, 6.45) is 4.50. The zero-order chi connectivity index (χ0) is 16.2. The molecule has 0 aliphatic carbocycles. The zero-order valence-electron chi connectivity index (χ0n) is 12.7. The van der Waals surface area contributed by atoms with Gasteiger partial charge in [-0.25, -0.2) is 4.98 Å². The summed E-state index contributed by atoms with van der Waals surface area (Å²) in [6.45, 7) is 1.70. The second-order valence-corrected chi connectivity index (χ2v) is 5.67. The third kappa shape index (κ3) is 3.19. The second kappa shape index (κ2) is 6.53. The number of hydrogen-bond donors (Lipinski definition) is 2. The lowest BCUT2D eigenvalue weighted by Gasteiger charge is -2.21. The number of benzene rings is 1. The van der Waals surface area contributed by atoms with Crippen LogP contribution in [0.25, 0.3) is 11.3 Å². The fraction of sp³-hybridized carbons (Fsp3) is 0.353. The first kappa shape index (κ1) is 15.1. The molecule has 1 fully saturated rings. The number of aromatic nitrogens is 2. The van der Waals surface area contributed by atoms with E-state index in [2.05, 4.69) is 14.9 Å². The summed E-state index contributed by atoms with van der Waals surface area (Å²) in [4.78, 5) is 21.6. The van der Waals surface area contributed by atoms with Crippen molar-refractivity contribution in [2.45, 2.75) is 25.7 Å². The Morgan fingerprint density at radius 3 is 2.39 bits per heavy atom. The highest BCUT2D eigenvalue weighted by atomic mass is 16.3. The van der Waals surface area contributed by atoms with Gasteiger partial charge < -0.3 is 10.0 Å². The van der Waals surface area contributed by atoms with Crippen molar-refractivity contribution in [3.63, 3.8) is 0 Å². The van der Waals surface area contributed by atoms with E-state index in [1.165, 1.54) is 25.0 Å². The average Bonchev–Trinajstić information content (AvgIpc) is 2.84. The van der Waals surface area contributed by atoms with Gasteiger partial charge in [-0.1, -0.05) is 12.8 Å². The van der Waals surface area contributed by atoms with Crippen LogP contribution in [0.5, 0.6) is 5.75 Å². The monoisotopic (exact) mass is 310 g/mol. The van der Waals surface area contributed by atoms with E-state index < -0.39 is 5.56 Å². The Labute approximate surface area is 134 Å². The highest BCUT2D eigenvalue weighted by Gasteiger charge is 2.18. The SMILES string of the molecule is N#Cc1c(-c2ccc(O)cc2)nc(N2CCCCCC2)[nH]c1=O. The molecular weight excluding hydrogens is 292 g/mol. The van der Waals surface area contributed by atoms with Gasteiger partial charge in [0.05, 0.1) is 5.69 Å². The molecule has 1 aliphatic heterocycles. The summed E-state index contributed by atoms with van der Waals surface area (Å²) in [5.74, 6) is 0.642. The summed E-state index contributed by atoms with van der Waals surface area (Å²) in [5, 5.41) is 18.7. The molecule has 0 bridgehead atoms. The van der Waals surface area contributed by atoms with Crippen molar-refractivity contribution in [3.05, 3.63) is 40.2 Å². The lowest BCUT2D eigenvalue weighted by molar-refractivity contribution is 0.475. The number of aromatic hydroxyl groups is 1. The van der Waals surface area contributed by atoms with Gasteiger partial charge >= 0.3 is 0 Å². The van der Waals surface area contributed by atoms with Gasteiger partial charge in [-0.15, -0.1) is 0 Å². The van der Waals surface area contributed by atoms with E-state index in [9.17, 15) is 15.2 Å². The summed E-state index contributed by atoms with van der Waals surface area (Å²) >= 11 is 0. The van der Waals surface area contributed by atoms with E-state index >= 15 is 0 Å². The van der Waals surface area contributed by atoms with E-state index in [0.717, 1.165) is 25.9 Å². The number of anilines is 1. The van der Waals surface area contributed by atoms with Gasteiger partial charge in [-0.3, -0.25) is 9.78 Å². The van der Waals surface area contributed by atoms with E-state index in [1.54, 1.807) is 12.1 Å². The number of nitrogens with one attached hydrogen (secondary N) is 1. The molecule has 2 heterocycles. The fourth-order valence-electron chi connectivity index (χ4n) is 2.83. The molecule has 6 nitrogen and oxygen atoms in total. The van der Waals surface area contributed by atoms with Crippen LogP contribution < -0.4 is 10.5 Å². The predicted molar refractivity (Wildman–Crippen MR) is 87.4 cm³/mol. The molecule has 2 N–H and O–H groups in total. The number of phenolic OH excluding ortho intramolecular Hbond substituents is 1. The number of rotatable bonds is 2. The Balaban J connectivity index is 2.08. The third-order valence-electron chi connectivity index (χ3n) is 4.07. The van der Waals surface area contributed by atoms with Gasteiger partial charge in [0.25, 0.3) is 5.56 Å². The van der Waals surface area contributed by atoms with Crippen LogP contribution in [0.4, 0.5) is 5.95 Å². The van der Waals surface area contributed by atoms with Crippen molar-refractivity contribution < 1.29 is 5.11 Å². The number of nitriles is 1. The normalized spacial score (nSPS) is 15.0. The highest BCUT2D eigenvalue weighted by molar-refractivity contribution is 5.67. The molecule has 0 atom stereocenters. The predicted octanol–water partition coefficient (Wildman–Crippen LogP) is 2.39. The summed E-state index contributed by atoms with van der Waals surface area (Å²) in [6, 6.07) is 8.28. The molecule has 1 aromatic heterocycles. The maximum atomic E-state index is 12.3. The summed E-state index contributed by atoms with van der Waals surface area (Å²) in [7, 11) is 0. The molecule has 0 amide bonds. The third-order valence-corrected chi connectivity index (χ3v) is 4.07. The van der Waals surface area contributed by atoms with Gasteiger partial charge in [0.1, 0.15) is 17.4 Å². The first-order valence-electron chi connectivity index (χ1n) is 7.78. The van der Waals surface area contributed by atoms with Crippen molar-refractivity contribution in [2.75, 3.05) is 18.0 Å². The van der Waals surface area contributed by atoms with Crippen molar-refractivity contribution in [1.82, 2.24) is 9.97 Å². The van der Waals surface area contributed by atoms with Gasteiger partial charge in [0.15, 0.2) is 0 Å². The molecule has 0 saturated carbocycles. The molecule has 1 aliphatic rings. The Hall–Kier alpha value is -2.81. The van der Waals surface area contributed by atoms with E-state index in [0.29, 0.717) is 17.2 Å². The van der Waals surface area contributed by atoms with Crippen LogP contribution in [0.2, 0.25) is 0 Å². The topological polar surface area (TPSA) is 93.0 Å². The smallest absolute Gasteiger partial charge is 0.270 e. The summed E-state index contributed by atoms with van der Waals surface area (Å²) < 4.78 is 0. The van der Waals surface area contributed by atoms with Gasteiger partial charge in [0.2, 0.25) is 5.95 Å². The number of H-pyrrole nitrogens is 1. The molecule has 118 valence electrons. The number of nitrogens with zero attached hydrogens (tertiary/aromatic N) is 3. The Bertz CT molecular complexity index is 782. The van der Waals surface area contributed by atoms with E-state index in [-0.39, 0.29) is 11.3 Å². The van der Waals surface area contributed by atoms with Crippen LogP contribution in [-0.2, 0) is 0 Å². The van der Waals surface area contributed by atoms with Crippen molar-refractivity contribution >= 4 is 5.95 Å². The molecule has 0 unspecified atom stereocenters. The molecule has 3 rings (SSSR count). The lowest BCUT2D eigenvalue weighted by Crippen LogP contribution is -2.29. The molecule has 6 heteroatoms. The molecule has 1 aromatic carbocycles. The van der Waals surface area contributed by atoms with Gasteiger partial charge in [-0.05, 0) is 37.1 Å². The van der Waals surface area contributed by atoms with Crippen LogP contribution in [0.3, 0.4) is 0 Å². The average molecular weight is 310 g/mol. The van der Waals surface area contributed by atoms with Crippen LogP contribution >= 0.6 is 0 Å². The highest BCUT2D eigenvalue weighted by Crippen LogP contribution is 2.24. The van der Waals surface area contributed by atoms with Crippen molar-refractivity contribution in [1.29, 1.82) is 5.26 Å². The Morgan fingerprint density at radius 1 is 1.13 bits per heavy atom. The Kier molecular flexibility index (Phi) is 4.29. The molecule has 0 spiro atoms. The fourth-order valence-corrected chi connectivity index (χ4v) is 2.83. The molecule has 1 saturated heterocycles. The van der Waals surface area contributed by atoms with Crippen LogP contribution in [0.1, 0.15) is 31.2 Å².